The lowest BCUT2D eigenvalue weighted by atomic mass is 9.94. The summed E-state index contributed by atoms with van der Waals surface area (Å²) in [6, 6.07) is 5.75. The van der Waals surface area contributed by atoms with Crippen LogP contribution in [0.2, 0.25) is 0 Å². The van der Waals surface area contributed by atoms with E-state index in [1.807, 2.05) is 30.0 Å². The summed E-state index contributed by atoms with van der Waals surface area (Å²) in [5.74, 6) is 0.542. The number of amides is 1. The summed E-state index contributed by atoms with van der Waals surface area (Å²) < 4.78 is 0.974. The Kier molecular flexibility index (Phi) is 4.99. The van der Waals surface area contributed by atoms with Crippen LogP contribution < -0.4 is 0 Å². The van der Waals surface area contributed by atoms with E-state index in [2.05, 4.69) is 15.9 Å². The maximum absolute atomic E-state index is 12.5. The van der Waals surface area contributed by atoms with Crippen molar-refractivity contribution in [1.29, 1.82) is 0 Å². The maximum atomic E-state index is 12.5. The fourth-order valence-electron chi connectivity index (χ4n) is 2.58. The summed E-state index contributed by atoms with van der Waals surface area (Å²) in [7, 11) is 0. The Morgan fingerprint density at radius 1 is 1.53 bits per heavy atom. The van der Waals surface area contributed by atoms with Gasteiger partial charge < -0.3 is 10.0 Å². The first-order valence-electron chi connectivity index (χ1n) is 6.78. The lowest BCUT2D eigenvalue weighted by Crippen LogP contribution is -2.40. The van der Waals surface area contributed by atoms with Gasteiger partial charge in [0.1, 0.15) is 0 Å². The minimum atomic E-state index is 0.100. The smallest absolute Gasteiger partial charge is 0.253 e. The molecule has 3 nitrogen and oxygen atoms in total. The van der Waals surface area contributed by atoms with Gasteiger partial charge in [-0.2, -0.15) is 0 Å². The number of aryl methyl sites for hydroxylation is 1. The van der Waals surface area contributed by atoms with Gasteiger partial charge in [0.05, 0.1) is 0 Å². The number of aliphatic hydroxyl groups is 1. The van der Waals surface area contributed by atoms with Gasteiger partial charge >= 0.3 is 0 Å². The molecule has 1 fully saturated rings. The Labute approximate surface area is 122 Å². The molecule has 1 atom stereocenters. The highest BCUT2D eigenvalue weighted by Crippen LogP contribution is 2.23. The Morgan fingerprint density at radius 3 is 3.00 bits per heavy atom. The summed E-state index contributed by atoms with van der Waals surface area (Å²) in [5, 5.41) is 9.02. The van der Waals surface area contributed by atoms with Gasteiger partial charge in [0, 0.05) is 29.7 Å². The van der Waals surface area contributed by atoms with E-state index >= 15 is 0 Å². The Hall–Kier alpha value is -0.870. The predicted molar refractivity (Wildman–Crippen MR) is 79.2 cm³/mol. The zero-order chi connectivity index (χ0) is 13.8. The van der Waals surface area contributed by atoms with Gasteiger partial charge in [-0.05, 0) is 49.8 Å². The maximum Gasteiger partial charge on any atom is 0.253 e. The van der Waals surface area contributed by atoms with Gasteiger partial charge in [-0.1, -0.05) is 22.0 Å². The second kappa shape index (κ2) is 6.53. The molecule has 1 aromatic rings. The molecule has 1 saturated heterocycles. The van der Waals surface area contributed by atoms with E-state index in [1.165, 1.54) is 0 Å². The highest BCUT2D eigenvalue weighted by molar-refractivity contribution is 9.10. The minimum absolute atomic E-state index is 0.100. The molecule has 1 amide bonds. The minimum Gasteiger partial charge on any atom is -0.396 e. The van der Waals surface area contributed by atoms with Crippen LogP contribution in [0.4, 0.5) is 0 Å². The number of carbonyl (C=O) groups excluding carboxylic acids is 1. The lowest BCUT2D eigenvalue weighted by Gasteiger charge is -2.32. The molecule has 2 rings (SSSR count). The first-order valence-corrected chi connectivity index (χ1v) is 7.57. The van der Waals surface area contributed by atoms with Crippen molar-refractivity contribution in [2.45, 2.75) is 26.2 Å². The topological polar surface area (TPSA) is 40.5 Å². The predicted octanol–water partition coefficient (Wildman–Crippen LogP) is 2.99. The van der Waals surface area contributed by atoms with Crippen molar-refractivity contribution < 1.29 is 9.90 Å². The molecule has 0 saturated carbocycles. The van der Waals surface area contributed by atoms with Crippen LogP contribution in [0.15, 0.2) is 22.7 Å². The van der Waals surface area contributed by atoms with E-state index in [0.29, 0.717) is 5.92 Å². The summed E-state index contributed by atoms with van der Waals surface area (Å²) in [5.41, 5.74) is 1.87. The van der Waals surface area contributed by atoms with Crippen molar-refractivity contribution in [1.82, 2.24) is 4.90 Å². The molecule has 1 aliphatic rings. The summed E-state index contributed by atoms with van der Waals surface area (Å²) in [6.07, 6.45) is 2.94. The summed E-state index contributed by atoms with van der Waals surface area (Å²) in [6.45, 7) is 3.82. The van der Waals surface area contributed by atoms with Crippen molar-refractivity contribution in [2.75, 3.05) is 19.7 Å². The van der Waals surface area contributed by atoms with E-state index in [0.717, 1.165) is 48.0 Å². The standard InChI is InChI=1S/C15H20BrNO2/c1-11-4-5-13(9-14(11)16)15(19)17-7-2-3-12(10-17)6-8-18/h4-5,9,12,18H,2-3,6-8,10H2,1H3. The fourth-order valence-corrected chi connectivity index (χ4v) is 2.95. The van der Waals surface area contributed by atoms with E-state index in [9.17, 15) is 4.79 Å². The third kappa shape index (κ3) is 3.57. The van der Waals surface area contributed by atoms with Crippen molar-refractivity contribution in [3.05, 3.63) is 33.8 Å². The number of rotatable bonds is 3. The molecule has 0 radical (unpaired) electrons. The van der Waals surface area contributed by atoms with Crippen LogP contribution in [0.3, 0.4) is 0 Å². The number of halogens is 1. The molecule has 0 bridgehead atoms. The van der Waals surface area contributed by atoms with E-state index < -0.39 is 0 Å². The Bertz CT molecular complexity index is 459. The van der Waals surface area contributed by atoms with Gasteiger partial charge in [0.25, 0.3) is 5.91 Å². The van der Waals surface area contributed by atoms with Crippen LogP contribution in [0.5, 0.6) is 0 Å². The molecule has 0 spiro atoms. The number of benzene rings is 1. The third-order valence-corrected chi connectivity index (χ3v) is 4.62. The number of carbonyl (C=O) groups is 1. The quantitative estimate of drug-likeness (QED) is 0.928. The third-order valence-electron chi connectivity index (χ3n) is 3.76. The van der Waals surface area contributed by atoms with Gasteiger partial charge in [-0.15, -0.1) is 0 Å². The molecular formula is C15H20BrNO2. The molecular weight excluding hydrogens is 306 g/mol. The van der Waals surface area contributed by atoms with Crippen molar-refractivity contribution >= 4 is 21.8 Å². The lowest BCUT2D eigenvalue weighted by molar-refractivity contribution is 0.0653. The van der Waals surface area contributed by atoms with Crippen LogP contribution in [-0.2, 0) is 0 Å². The number of piperidine rings is 1. The molecule has 104 valence electrons. The Balaban J connectivity index is 2.08. The zero-order valence-corrected chi connectivity index (χ0v) is 12.8. The summed E-state index contributed by atoms with van der Waals surface area (Å²) in [4.78, 5) is 14.4. The molecule has 0 aromatic heterocycles. The van der Waals surface area contributed by atoms with Crippen LogP contribution in [0, 0.1) is 12.8 Å². The molecule has 1 heterocycles. The average Bonchev–Trinajstić information content (AvgIpc) is 2.42. The molecule has 1 aliphatic heterocycles. The van der Waals surface area contributed by atoms with Crippen molar-refractivity contribution in [3.63, 3.8) is 0 Å². The van der Waals surface area contributed by atoms with Crippen molar-refractivity contribution in [3.8, 4) is 0 Å². The monoisotopic (exact) mass is 325 g/mol. The van der Waals surface area contributed by atoms with E-state index in [1.54, 1.807) is 0 Å². The number of aliphatic hydroxyl groups excluding tert-OH is 1. The fraction of sp³-hybridized carbons (Fsp3) is 0.533. The van der Waals surface area contributed by atoms with Gasteiger partial charge in [0.15, 0.2) is 0 Å². The first kappa shape index (κ1) is 14.5. The van der Waals surface area contributed by atoms with Crippen LogP contribution in [-0.4, -0.2) is 35.6 Å². The average molecular weight is 326 g/mol. The molecule has 1 aromatic carbocycles. The number of nitrogens with zero attached hydrogens (tertiary/aromatic N) is 1. The first-order chi connectivity index (χ1) is 9.11. The Morgan fingerprint density at radius 2 is 2.32 bits per heavy atom. The molecule has 0 aliphatic carbocycles. The highest BCUT2D eigenvalue weighted by Gasteiger charge is 2.24. The van der Waals surface area contributed by atoms with Crippen LogP contribution in [0.1, 0.15) is 35.2 Å². The zero-order valence-electron chi connectivity index (χ0n) is 11.2. The van der Waals surface area contributed by atoms with Gasteiger partial charge in [0.2, 0.25) is 0 Å². The molecule has 1 N–H and O–H groups in total. The van der Waals surface area contributed by atoms with Gasteiger partial charge in [-0.25, -0.2) is 0 Å². The molecule has 1 unspecified atom stereocenters. The van der Waals surface area contributed by atoms with Crippen LogP contribution >= 0.6 is 15.9 Å². The highest BCUT2D eigenvalue weighted by atomic mass is 79.9. The summed E-state index contributed by atoms with van der Waals surface area (Å²) >= 11 is 3.47. The normalized spacial score (nSPS) is 19.5. The van der Waals surface area contributed by atoms with Crippen LogP contribution in [0.25, 0.3) is 0 Å². The second-order valence-corrected chi connectivity index (χ2v) is 6.09. The largest absolute Gasteiger partial charge is 0.396 e. The number of likely N-dealkylation sites (tertiary alicyclic amines) is 1. The molecule has 19 heavy (non-hydrogen) atoms. The van der Waals surface area contributed by atoms with Crippen molar-refractivity contribution in [2.24, 2.45) is 5.92 Å². The SMILES string of the molecule is Cc1ccc(C(=O)N2CCCC(CCO)C2)cc1Br. The second-order valence-electron chi connectivity index (χ2n) is 5.24. The van der Waals surface area contributed by atoms with Gasteiger partial charge in [-0.3, -0.25) is 4.79 Å². The van der Waals surface area contributed by atoms with E-state index in [-0.39, 0.29) is 12.5 Å². The molecule has 4 heteroatoms. The number of hydrogen-bond acceptors (Lipinski definition) is 2. The van der Waals surface area contributed by atoms with E-state index in [4.69, 9.17) is 5.11 Å². The number of hydrogen-bond donors (Lipinski definition) is 1.